The molecule has 4 nitrogen and oxygen atoms in total. The normalized spacial score (nSPS) is 40.4. The van der Waals surface area contributed by atoms with E-state index in [0.29, 0.717) is 49.4 Å². The molecule has 8 aliphatic carbocycles. The molecule has 0 aromatic heterocycles. The summed E-state index contributed by atoms with van der Waals surface area (Å²) >= 11 is 0. The number of halogens is 4. The molecular weight excluding hydrogens is 572 g/mol. The zero-order valence-corrected chi connectivity index (χ0v) is 26.9. The van der Waals surface area contributed by atoms with Gasteiger partial charge in [-0.15, -0.1) is 0 Å². The highest BCUT2D eigenvalue weighted by Gasteiger charge is 2.73. The standard InChI is InChI=1S/C36H54F4O4/c1-3-5-7-9-11-33(27-15-23-13-24(17-27)18-28(33)16-23)43-31(41)35(37,38)36(39,40)32(42)44-34(12-10-8-6-4-2)29-19-25-14-26(21-29)22-30(34)20-25/h23-30H,3-22H2,1-2H3. The van der Waals surface area contributed by atoms with Gasteiger partial charge < -0.3 is 9.47 Å². The first kappa shape index (κ1) is 32.6. The molecule has 0 aromatic rings. The second-order valence-corrected chi connectivity index (χ2v) is 16.1. The fourth-order valence-electron chi connectivity index (χ4n) is 11.6. The molecule has 8 saturated carbocycles. The number of carbonyl (C=O) groups excluding carboxylic acids is 2. The van der Waals surface area contributed by atoms with Crippen molar-refractivity contribution in [1.82, 2.24) is 0 Å². The summed E-state index contributed by atoms with van der Waals surface area (Å²) in [5.74, 6) is -13.5. The van der Waals surface area contributed by atoms with Crippen LogP contribution in [0.2, 0.25) is 0 Å². The van der Waals surface area contributed by atoms with Gasteiger partial charge in [0.05, 0.1) is 0 Å². The van der Waals surface area contributed by atoms with Crippen LogP contribution < -0.4 is 0 Å². The molecule has 0 aliphatic heterocycles. The number of carbonyl (C=O) groups is 2. The Morgan fingerprint density at radius 3 is 1.09 bits per heavy atom. The number of esters is 2. The Morgan fingerprint density at radius 2 is 0.818 bits per heavy atom. The smallest absolute Gasteiger partial charge is 0.415 e. The minimum Gasteiger partial charge on any atom is -0.454 e. The fraction of sp³-hybridized carbons (Fsp3) is 0.944. The van der Waals surface area contributed by atoms with Gasteiger partial charge in [0.15, 0.2) is 0 Å². The minimum atomic E-state index is -5.30. The summed E-state index contributed by atoms with van der Waals surface area (Å²) in [4.78, 5) is 26.6. The largest absolute Gasteiger partial charge is 0.454 e. The van der Waals surface area contributed by atoms with Crippen LogP contribution >= 0.6 is 0 Å². The van der Waals surface area contributed by atoms with Crippen LogP contribution in [0, 0.1) is 47.3 Å². The van der Waals surface area contributed by atoms with Crippen LogP contribution in [0.4, 0.5) is 17.6 Å². The molecule has 8 fully saturated rings. The predicted molar refractivity (Wildman–Crippen MR) is 159 cm³/mol. The highest BCUT2D eigenvalue weighted by molar-refractivity contribution is 5.90. The van der Waals surface area contributed by atoms with Crippen LogP contribution in [-0.4, -0.2) is 35.0 Å². The first-order chi connectivity index (χ1) is 20.9. The maximum absolute atomic E-state index is 15.7. The molecule has 0 unspecified atom stereocenters. The fourth-order valence-corrected chi connectivity index (χ4v) is 11.6. The summed E-state index contributed by atoms with van der Waals surface area (Å²) in [7, 11) is 0. The second-order valence-electron chi connectivity index (χ2n) is 16.1. The van der Waals surface area contributed by atoms with Gasteiger partial charge in [0, 0.05) is 0 Å². The number of hydrogen-bond donors (Lipinski definition) is 0. The number of hydrogen-bond acceptors (Lipinski definition) is 4. The van der Waals surface area contributed by atoms with Crippen molar-refractivity contribution in [3.63, 3.8) is 0 Å². The van der Waals surface area contributed by atoms with Crippen molar-refractivity contribution in [3.8, 4) is 0 Å². The van der Waals surface area contributed by atoms with Crippen LogP contribution in [0.1, 0.15) is 142 Å². The molecular formula is C36H54F4O4. The van der Waals surface area contributed by atoms with E-state index in [1.165, 1.54) is 0 Å². The van der Waals surface area contributed by atoms with Crippen molar-refractivity contribution in [2.45, 2.75) is 165 Å². The van der Waals surface area contributed by atoms with Gasteiger partial charge >= 0.3 is 23.8 Å². The molecule has 8 aliphatic rings. The van der Waals surface area contributed by atoms with Gasteiger partial charge in [-0.25, -0.2) is 9.59 Å². The van der Waals surface area contributed by atoms with Gasteiger partial charge in [0.2, 0.25) is 0 Å². The third kappa shape index (κ3) is 5.52. The Morgan fingerprint density at radius 1 is 0.523 bits per heavy atom. The van der Waals surface area contributed by atoms with Crippen molar-refractivity contribution in [2.75, 3.05) is 0 Å². The predicted octanol–water partition coefficient (Wildman–Crippen LogP) is 9.67. The molecule has 0 atom stereocenters. The lowest BCUT2D eigenvalue weighted by atomic mass is 9.49. The Bertz CT molecular complexity index is 919. The van der Waals surface area contributed by atoms with Gasteiger partial charge in [0.1, 0.15) is 11.2 Å². The average molecular weight is 627 g/mol. The number of alkyl halides is 4. The quantitative estimate of drug-likeness (QED) is 0.103. The van der Waals surface area contributed by atoms with Crippen LogP contribution in [-0.2, 0) is 19.1 Å². The maximum atomic E-state index is 15.7. The zero-order valence-electron chi connectivity index (χ0n) is 26.9. The molecule has 0 aromatic carbocycles. The first-order valence-corrected chi connectivity index (χ1v) is 18.2. The zero-order chi connectivity index (χ0) is 31.3. The lowest BCUT2D eigenvalue weighted by Gasteiger charge is -2.60. The van der Waals surface area contributed by atoms with E-state index in [4.69, 9.17) is 9.47 Å². The van der Waals surface area contributed by atoms with E-state index in [0.717, 1.165) is 103 Å². The summed E-state index contributed by atoms with van der Waals surface area (Å²) in [6.45, 7) is 4.16. The molecule has 0 heterocycles. The monoisotopic (exact) mass is 626 g/mol. The molecule has 250 valence electrons. The van der Waals surface area contributed by atoms with E-state index < -0.39 is 35.0 Å². The van der Waals surface area contributed by atoms with Crippen LogP contribution in [0.15, 0.2) is 0 Å². The van der Waals surface area contributed by atoms with E-state index in [1.807, 2.05) is 0 Å². The van der Waals surface area contributed by atoms with Crippen LogP contribution in [0.25, 0.3) is 0 Å². The lowest BCUT2D eigenvalue weighted by Crippen LogP contribution is -2.64. The Labute approximate surface area is 261 Å². The van der Waals surface area contributed by atoms with Crippen LogP contribution in [0.5, 0.6) is 0 Å². The molecule has 8 heteroatoms. The summed E-state index contributed by atoms with van der Waals surface area (Å²) in [6, 6.07) is 0. The van der Waals surface area contributed by atoms with Crippen molar-refractivity contribution in [1.29, 1.82) is 0 Å². The van der Waals surface area contributed by atoms with Crippen molar-refractivity contribution in [2.24, 2.45) is 47.3 Å². The Balaban J connectivity index is 1.21. The van der Waals surface area contributed by atoms with E-state index in [9.17, 15) is 9.59 Å². The third-order valence-electron chi connectivity index (χ3n) is 13.4. The summed E-state index contributed by atoms with van der Waals surface area (Å²) < 4.78 is 74.4. The Kier molecular flexibility index (Phi) is 9.15. The Hall–Kier alpha value is -1.34. The van der Waals surface area contributed by atoms with Gasteiger partial charge in [-0.3, -0.25) is 0 Å². The maximum Gasteiger partial charge on any atom is 0.415 e. The molecule has 0 amide bonds. The molecule has 0 radical (unpaired) electrons. The van der Waals surface area contributed by atoms with Gasteiger partial charge in [-0.2, -0.15) is 17.6 Å². The minimum absolute atomic E-state index is 0.0832. The van der Waals surface area contributed by atoms with E-state index in [-0.39, 0.29) is 23.7 Å². The summed E-state index contributed by atoms with van der Waals surface area (Å²) in [5.41, 5.74) is -2.30. The van der Waals surface area contributed by atoms with E-state index in [2.05, 4.69) is 13.8 Å². The highest BCUT2D eigenvalue weighted by atomic mass is 19.3. The van der Waals surface area contributed by atoms with E-state index in [1.54, 1.807) is 0 Å². The van der Waals surface area contributed by atoms with Crippen molar-refractivity contribution < 1.29 is 36.6 Å². The summed E-state index contributed by atoms with van der Waals surface area (Å²) in [5, 5.41) is 0. The second kappa shape index (κ2) is 12.4. The highest BCUT2D eigenvalue weighted by Crippen LogP contribution is 2.63. The SMILES string of the molecule is CCCCCCC1(OC(=O)C(F)(F)C(F)(F)C(=O)OC2(CCCCCC)C3CC4CC(C3)CC2C4)C2CC3CC(C2)CC1C3. The van der Waals surface area contributed by atoms with E-state index >= 15 is 17.6 Å². The average Bonchev–Trinajstić information content (AvgIpc) is 2.97. The first-order valence-electron chi connectivity index (χ1n) is 18.2. The van der Waals surface area contributed by atoms with Crippen molar-refractivity contribution >= 4 is 11.9 Å². The number of ether oxygens (including phenoxy) is 2. The van der Waals surface area contributed by atoms with Crippen molar-refractivity contribution in [3.05, 3.63) is 0 Å². The molecule has 0 N–H and O–H groups in total. The third-order valence-corrected chi connectivity index (χ3v) is 13.4. The van der Waals surface area contributed by atoms with Gasteiger partial charge in [-0.05, 0) is 137 Å². The molecule has 0 saturated heterocycles. The summed E-state index contributed by atoms with van der Waals surface area (Å²) in [6.07, 6.45) is 16.6. The van der Waals surface area contributed by atoms with Gasteiger partial charge in [0.25, 0.3) is 0 Å². The van der Waals surface area contributed by atoms with Crippen LogP contribution in [0.3, 0.4) is 0 Å². The molecule has 44 heavy (non-hydrogen) atoms. The number of rotatable bonds is 15. The van der Waals surface area contributed by atoms with Gasteiger partial charge in [-0.1, -0.05) is 52.4 Å². The number of unbranched alkanes of at least 4 members (excludes halogenated alkanes) is 6. The lowest BCUT2D eigenvalue weighted by molar-refractivity contribution is -0.274. The molecule has 8 rings (SSSR count). The molecule has 8 bridgehead atoms. The topological polar surface area (TPSA) is 52.6 Å². The molecule has 0 spiro atoms.